The molecule has 4 saturated carbocycles. The van der Waals surface area contributed by atoms with Crippen LogP contribution in [0.4, 0.5) is 5.69 Å². The lowest BCUT2D eigenvalue weighted by Crippen LogP contribution is -2.63. The smallest absolute Gasteiger partial charge is 0.262 e. The zero-order valence-electron chi connectivity index (χ0n) is 21.3. The minimum Gasteiger partial charge on any atom is -0.493 e. The summed E-state index contributed by atoms with van der Waals surface area (Å²) in [5, 5.41) is 6.86. The predicted octanol–water partition coefficient (Wildman–Crippen LogP) is 6.62. The van der Waals surface area contributed by atoms with Crippen LogP contribution in [0.25, 0.3) is 0 Å². The number of ether oxygens (including phenoxy) is 2. The van der Waals surface area contributed by atoms with Crippen molar-refractivity contribution in [2.75, 3.05) is 19.0 Å². The van der Waals surface area contributed by atoms with E-state index in [0.717, 1.165) is 33.7 Å². The molecule has 2 aromatic rings. The molecule has 6 heteroatoms. The molecule has 4 bridgehead atoms. The van der Waals surface area contributed by atoms with Crippen LogP contribution < -0.4 is 20.1 Å². The van der Waals surface area contributed by atoms with Crippen LogP contribution in [0.15, 0.2) is 40.9 Å². The summed E-state index contributed by atoms with van der Waals surface area (Å²) in [5.74, 6) is 1.82. The highest BCUT2D eigenvalue weighted by Crippen LogP contribution is 2.66. The molecule has 2 N–H and O–H groups in total. The van der Waals surface area contributed by atoms with Gasteiger partial charge >= 0.3 is 0 Å². The normalized spacial score (nSPS) is 30.8. The number of hydrogen-bond donors (Lipinski definition) is 2. The van der Waals surface area contributed by atoms with Crippen molar-refractivity contribution in [3.63, 3.8) is 0 Å². The zero-order valence-corrected chi connectivity index (χ0v) is 22.9. The summed E-state index contributed by atoms with van der Waals surface area (Å²) in [7, 11) is 1.64. The Kier molecular flexibility index (Phi) is 6.41. The van der Waals surface area contributed by atoms with Crippen LogP contribution in [0.1, 0.15) is 63.5 Å². The number of amides is 1. The SMILES string of the molecule is COc1cc(CNC23CC4C[C@@](C)(C2)C[C@](C)(C4)C3)cc(Br)c1OCC(=O)Nc1ccc(C)cc1. The first-order valence-electron chi connectivity index (χ1n) is 12.7. The fourth-order valence-corrected chi connectivity index (χ4v) is 8.53. The molecule has 35 heavy (non-hydrogen) atoms. The van der Waals surface area contributed by atoms with E-state index in [2.05, 4.69) is 46.5 Å². The maximum absolute atomic E-state index is 12.4. The van der Waals surface area contributed by atoms with Gasteiger partial charge in [-0.1, -0.05) is 31.5 Å². The summed E-state index contributed by atoms with van der Waals surface area (Å²) in [6.45, 7) is 7.73. The van der Waals surface area contributed by atoms with E-state index < -0.39 is 0 Å². The van der Waals surface area contributed by atoms with E-state index in [-0.39, 0.29) is 18.1 Å². The maximum Gasteiger partial charge on any atom is 0.262 e. The van der Waals surface area contributed by atoms with Crippen LogP contribution in [-0.4, -0.2) is 25.2 Å². The van der Waals surface area contributed by atoms with Crippen molar-refractivity contribution in [3.8, 4) is 11.5 Å². The fourth-order valence-electron chi connectivity index (χ4n) is 7.92. The quantitative estimate of drug-likeness (QED) is 0.394. The van der Waals surface area contributed by atoms with Crippen LogP contribution in [0, 0.1) is 23.7 Å². The third-order valence-corrected chi connectivity index (χ3v) is 8.85. The van der Waals surface area contributed by atoms with Gasteiger partial charge in [0.1, 0.15) is 0 Å². The zero-order chi connectivity index (χ0) is 24.8. The van der Waals surface area contributed by atoms with Gasteiger partial charge in [-0.2, -0.15) is 0 Å². The van der Waals surface area contributed by atoms with Crippen molar-refractivity contribution in [2.24, 2.45) is 16.7 Å². The Morgan fingerprint density at radius 2 is 1.74 bits per heavy atom. The number of anilines is 1. The maximum atomic E-state index is 12.4. The largest absolute Gasteiger partial charge is 0.493 e. The molecule has 6 rings (SSSR count). The second kappa shape index (κ2) is 9.11. The molecule has 4 aliphatic rings. The third kappa shape index (κ3) is 5.24. The van der Waals surface area contributed by atoms with Crippen molar-refractivity contribution < 1.29 is 14.3 Å². The van der Waals surface area contributed by atoms with E-state index in [9.17, 15) is 4.79 Å². The average molecular weight is 542 g/mol. The van der Waals surface area contributed by atoms with E-state index in [1.807, 2.05) is 37.3 Å². The van der Waals surface area contributed by atoms with Gasteiger partial charge in [-0.25, -0.2) is 0 Å². The van der Waals surface area contributed by atoms with Gasteiger partial charge in [-0.3, -0.25) is 4.79 Å². The Labute approximate surface area is 217 Å². The second-order valence-corrected chi connectivity index (χ2v) is 12.9. The van der Waals surface area contributed by atoms with E-state index in [1.165, 1.54) is 38.5 Å². The van der Waals surface area contributed by atoms with Crippen LogP contribution in [0.3, 0.4) is 0 Å². The monoisotopic (exact) mass is 540 g/mol. The lowest BCUT2D eigenvalue weighted by atomic mass is 9.43. The average Bonchev–Trinajstić information content (AvgIpc) is 2.76. The van der Waals surface area contributed by atoms with E-state index in [1.54, 1.807) is 7.11 Å². The van der Waals surface area contributed by atoms with Crippen molar-refractivity contribution in [1.29, 1.82) is 0 Å². The summed E-state index contributed by atoms with van der Waals surface area (Å²) in [4.78, 5) is 12.4. The summed E-state index contributed by atoms with van der Waals surface area (Å²) in [6.07, 6.45) is 8.03. The van der Waals surface area contributed by atoms with Gasteiger partial charge in [0.25, 0.3) is 5.91 Å². The Bertz CT molecular complexity index is 1100. The molecular weight excluding hydrogens is 504 g/mol. The van der Waals surface area contributed by atoms with Crippen LogP contribution in [0.2, 0.25) is 0 Å². The lowest BCUT2D eigenvalue weighted by molar-refractivity contribution is -0.118. The first kappa shape index (κ1) is 24.6. The summed E-state index contributed by atoms with van der Waals surface area (Å²) in [6, 6.07) is 11.8. The molecule has 1 amide bonds. The van der Waals surface area contributed by atoms with Crippen molar-refractivity contribution in [3.05, 3.63) is 52.0 Å². The van der Waals surface area contributed by atoms with Gasteiger partial charge in [-0.05, 0) is 108 Å². The van der Waals surface area contributed by atoms with Gasteiger partial charge in [-0.15, -0.1) is 0 Å². The molecule has 0 aliphatic heterocycles. The lowest BCUT2D eigenvalue weighted by Gasteiger charge is -2.65. The first-order chi connectivity index (χ1) is 16.6. The van der Waals surface area contributed by atoms with Gasteiger partial charge < -0.3 is 20.1 Å². The highest BCUT2D eigenvalue weighted by atomic mass is 79.9. The predicted molar refractivity (Wildman–Crippen MR) is 143 cm³/mol. The first-order valence-corrected chi connectivity index (χ1v) is 13.5. The van der Waals surface area contributed by atoms with E-state index in [4.69, 9.17) is 9.47 Å². The minimum absolute atomic E-state index is 0.0951. The Morgan fingerprint density at radius 3 is 2.37 bits per heavy atom. The molecule has 0 aromatic heterocycles. The summed E-state index contributed by atoms with van der Waals surface area (Å²) in [5.41, 5.74) is 4.26. The third-order valence-electron chi connectivity index (χ3n) is 8.27. The van der Waals surface area contributed by atoms with E-state index in [0.29, 0.717) is 22.3 Å². The number of hydrogen-bond acceptors (Lipinski definition) is 4. The van der Waals surface area contributed by atoms with Gasteiger partial charge in [0, 0.05) is 17.8 Å². The molecule has 5 nitrogen and oxygen atoms in total. The number of halogens is 1. The molecule has 4 atom stereocenters. The standard InChI is InChI=1S/C29H37BrN2O3/c1-19-5-7-22(8-6-19)32-25(33)15-35-26-23(30)9-20(10-24(26)34-4)14-31-29-13-21-11-27(2,17-29)16-28(3,12-21)18-29/h5-10,21,31H,11-18H2,1-4H3,(H,32,33)/t21?,27-,28+,29?. The number of carbonyl (C=O) groups excluding carboxylic acids is 1. The van der Waals surface area contributed by atoms with Crippen LogP contribution >= 0.6 is 15.9 Å². The molecule has 0 radical (unpaired) electrons. The molecule has 188 valence electrons. The molecule has 4 aliphatic carbocycles. The van der Waals surface area contributed by atoms with Gasteiger partial charge in [0.15, 0.2) is 18.1 Å². The molecule has 0 heterocycles. The van der Waals surface area contributed by atoms with Gasteiger partial charge in [0.05, 0.1) is 11.6 Å². The second-order valence-electron chi connectivity index (χ2n) is 12.1. The fraction of sp³-hybridized carbons (Fsp3) is 0.552. The number of methoxy groups -OCH3 is 1. The molecular formula is C29H37BrN2O3. The van der Waals surface area contributed by atoms with Gasteiger partial charge in [0.2, 0.25) is 0 Å². The molecule has 2 aromatic carbocycles. The van der Waals surface area contributed by atoms with Crippen LogP contribution in [0.5, 0.6) is 11.5 Å². The number of benzene rings is 2. The minimum atomic E-state index is -0.211. The number of carbonyl (C=O) groups is 1. The van der Waals surface area contributed by atoms with Crippen molar-refractivity contribution >= 4 is 27.5 Å². The number of rotatable bonds is 8. The summed E-state index contributed by atoms with van der Waals surface area (Å²) >= 11 is 3.65. The Morgan fingerprint density at radius 1 is 1.06 bits per heavy atom. The van der Waals surface area contributed by atoms with Crippen molar-refractivity contribution in [2.45, 2.75) is 71.4 Å². The molecule has 0 saturated heterocycles. The highest BCUT2D eigenvalue weighted by molar-refractivity contribution is 9.10. The molecule has 0 spiro atoms. The molecule has 2 unspecified atom stereocenters. The topological polar surface area (TPSA) is 59.6 Å². The molecule has 4 fully saturated rings. The Hall–Kier alpha value is -2.05. The van der Waals surface area contributed by atoms with Crippen molar-refractivity contribution in [1.82, 2.24) is 5.32 Å². The van der Waals surface area contributed by atoms with E-state index >= 15 is 0 Å². The highest BCUT2D eigenvalue weighted by Gasteiger charge is 2.59. The number of aryl methyl sites for hydroxylation is 1. The van der Waals surface area contributed by atoms with Crippen LogP contribution in [-0.2, 0) is 11.3 Å². The summed E-state index contributed by atoms with van der Waals surface area (Å²) < 4.78 is 12.3. The number of nitrogens with one attached hydrogen (secondary N) is 2. The Balaban J connectivity index is 1.23.